The third-order valence-corrected chi connectivity index (χ3v) is 6.09. The van der Waals surface area contributed by atoms with Crippen molar-refractivity contribution in [1.29, 1.82) is 0 Å². The van der Waals surface area contributed by atoms with E-state index in [1.165, 1.54) is 18.2 Å². The largest absolute Gasteiger partial charge is 0.383 e. The van der Waals surface area contributed by atoms with Crippen LogP contribution >= 0.6 is 23.4 Å². The molecule has 1 aromatic carbocycles. The van der Waals surface area contributed by atoms with Crippen LogP contribution in [0.25, 0.3) is 11.4 Å². The van der Waals surface area contributed by atoms with Crippen LogP contribution in [0.4, 0.5) is 0 Å². The second-order valence-electron chi connectivity index (χ2n) is 7.49. The quantitative estimate of drug-likeness (QED) is 0.634. The number of hydrogen-bond donors (Lipinski definition) is 0. The van der Waals surface area contributed by atoms with E-state index < -0.39 is 0 Å². The minimum Gasteiger partial charge on any atom is -0.383 e. The van der Waals surface area contributed by atoms with E-state index in [9.17, 15) is 4.79 Å². The highest BCUT2D eigenvalue weighted by Crippen LogP contribution is 2.26. The molecule has 2 atom stereocenters. The van der Waals surface area contributed by atoms with Gasteiger partial charge in [0.1, 0.15) is 0 Å². The molecule has 8 heteroatoms. The number of carbonyl (C=O) groups is 1. The maximum atomic E-state index is 12.7. The normalized spacial score (nSPS) is 19.8. The molecule has 1 fully saturated rings. The van der Waals surface area contributed by atoms with Crippen molar-refractivity contribution in [3.63, 3.8) is 0 Å². The number of nitrogens with zero attached hydrogens (tertiary/aromatic N) is 4. The second kappa shape index (κ2) is 9.76. The van der Waals surface area contributed by atoms with E-state index >= 15 is 0 Å². The first-order valence-corrected chi connectivity index (χ1v) is 10.9. The van der Waals surface area contributed by atoms with Gasteiger partial charge in [-0.2, -0.15) is 0 Å². The lowest BCUT2D eigenvalue weighted by atomic mass is 9.92. The first-order chi connectivity index (χ1) is 13.5. The van der Waals surface area contributed by atoms with Crippen molar-refractivity contribution >= 4 is 29.3 Å². The topological polar surface area (TPSA) is 60.2 Å². The standard InChI is InChI=1S/C20H27ClN4O2S/c1-14-10-15(2)12-24(11-14)18(26)13-28-20-23-22-19(25(20)8-9-27-3)16-4-6-17(21)7-5-16/h4-7,14-15H,8-13H2,1-3H3/t14-,15-/m1/s1. The van der Waals surface area contributed by atoms with Crippen LogP contribution in [0.1, 0.15) is 20.3 Å². The van der Waals surface area contributed by atoms with Gasteiger partial charge in [0.25, 0.3) is 0 Å². The van der Waals surface area contributed by atoms with Crippen LogP contribution in [0.5, 0.6) is 0 Å². The van der Waals surface area contributed by atoms with Crippen LogP contribution in [0.2, 0.25) is 5.02 Å². The van der Waals surface area contributed by atoms with E-state index in [1.54, 1.807) is 7.11 Å². The minimum atomic E-state index is 0.165. The highest BCUT2D eigenvalue weighted by molar-refractivity contribution is 7.99. The van der Waals surface area contributed by atoms with Crippen molar-refractivity contribution in [3.8, 4) is 11.4 Å². The second-order valence-corrected chi connectivity index (χ2v) is 8.87. The summed E-state index contributed by atoms with van der Waals surface area (Å²) in [5, 5.41) is 10.1. The fraction of sp³-hybridized carbons (Fsp3) is 0.550. The fourth-order valence-electron chi connectivity index (χ4n) is 3.68. The monoisotopic (exact) mass is 422 g/mol. The number of benzene rings is 1. The van der Waals surface area contributed by atoms with Gasteiger partial charge in [0, 0.05) is 30.8 Å². The molecule has 0 aliphatic carbocycles. The average molecular weight is 423 g/mol. The van der Waals surface area contributed by atoms with Crippen LogP contribution in [-0.2, 0) is 16.1 Å². The van der Waals surface area contributed by atoms with Gasteiger partial charge in [-0.05, 0) is 42.5 Å². The molecule has 6 nitrogen and oxygen atoms in total. The lowest BCUT2D eigenvalue weighted by Crippen LogP contribution is -2.43. The maximum Gasteiger partial charge on any atom is 0.233 e. The number of hydrogen-bond acceptors (Lipinski definition) is 5. The molecular weight excluding hydrogens is 396 g/mol. The summed E-state index contributed by atoms with van der Waals surface area (Å²) >= 11 is 7.43. The van der Waals surface area contributed by atoms with Gasteiger partial charge in [0.05, 0.1) is 18.9 Å². The van der Waals surface area contributed by atoms with Gasteiger partial charge in [-0.3, -0.25) is 9.36 Å². The third kappa shape index (κ3) is 5.27. The number of carbonyl (C=O) groups excluding carboxylic acids is 1. The first-order valence-electron chi connectivity index (χ1n) is 9.56. The molecule has 3 rings (SSSR count). The molecule has 152 valence electrons. The zero-order valence-electron chi connectivity index (χ0n) is 16.6. The number of rotatable bonds is 7. The summed E-state index contributed by atoms with van der Waals surface area (Å²) in [4.78, 5) is 14.7. The molecule has 2 heterocycles. The Morgan fingerprint density at radius 2 is 1.89 bits per heavy atom. The van der Waals surface area contributed by atoms with E-state index in [2.05, 4.69) is 24.0 Å². The number of amides is 1. The predicted octanol–water partition coefficient (Wildman–Crippen LogP) is 3.84. The van der Waals surface area contributed by atoms with Crippen LogP contribution in [0.15, 0.2) is 29.4 Å². The Labute approximate surface area is 175 Å². The summed E-state index contributed by atoms with van der Waals surface area (Å²) in [6.45, 7) is 7.27. The molecule has 0 bridgehead atoms. The molecule has 1 aliphatic heterocycles. The number of ether oxygens (including phenoxy) is 1. The van der Waals surface area contributed by atoms with Crippen LogP contribution in [-0.4, -0.2) is 58.1 Å². The molecule has 0 N–H and O–H groups in total. The highest BCUT2D eigenvalue weighted by Gasteiger charge is 2.26. The molecule has 0 spiro atoms. The molecule has 0 saturated carbocycles. The van der Waals surface area contributed by atoms with E-state index in [0.29, 0.717) is 35.8 Å². The Morgan fingerprint density at radius 1 is 1.21 bits per heavy atom. The van der Waals surface area contributed by atoms with E-state index in [0.717, 1.165) is 29.6 Å². The summed E-state index contributed by atoms with van der Waals surface area (Å²) < 4.78 is 7.25. The van der Waals surface area contributed by atoms with Crippen molar-refractivity contribution in [2.45, 2.75) is 32.0 Å². The van der Waals surface area contributed by atoms with Crippen molar-refractivity contribution < 1.29 is 9.53 Å². The Kier molecular flexibility index (Phi) is 7.37. The first kappa shape index (κ1) is 21.1. The molecule has 28 heavy (non-hydrogen) atoms. The van der Waals surface area contributed by atoms with Crippen molar-refractivity contribution in [2.75, 3.05) is 32.6 Å². The molecule has 1 aromatic heterocycles. The number of halogens is 1. The van der Waals surface area contributed by atoms with Crippen LogP contribution in [0.3, 0.4) is 0 Å². The summed E-state index contributed by atoms with van der Waals surface area (Å²) in [6, 6.07) is 7.51. The minimum absolute atomic E-state index is 0.165. The average Bonchev–Trinajstić information content (AvgIpc) is 3.07. The van der Waals surface area contributed by atoms with Gasteiger partial charge in [0.2, 0.25) is 5.91 Å². The van der Waals surface area contributed by atoms with E-state index in [4.69, 9.17) is 16.3 Å². The zero-order chi connectivity index (χ0) is 20.1. The summed E-state index contributed by atoms with van der Waals surface area (Å²) in [6.07, 6.45) is 1.19. The van der Waals surface area contributed by atoms with Gasteiger partial charge < -0.3 is 9.64 Å². The molecule has 1 amide bonds. The van der Waals surface area contributed by atoms with Gasteiger partial charge in [-0.25, -0.2) is 0 Å². The van der Waals surface area contributed by atoms with Crippen molar-refractivity contribution in [1.82, 2.24) is 19.7 Å². The van der Waals surface area contributed by atoms with Gasteiger partial charge in [-0.15, -0.1) is 10.2 Å². The van der Waals surface area contributed by atoms with Gasteiger partial charge >= 0.3 is 0 Å². The molecule has 0 radical (unpaired) electrons. The Hall–Kier alpha value is -1.57. The summed E-state index contributed by atoms with van der Waals surface area (Å²) in [7, 11) is 1.67. The number of thioether (sulfide) groups is 1. The maximum absolute atomic E-state index is 12.7. The van der Waals surface area contributed by atoms with Gasteiger partial charge in [0.15, 0.2) is 11.0 Å². The lowest BCUT2D eigenvalue weighted by molar-refractivity contribution is -0.130. The summed E-state index contributed by atoms with van der Waals surface area (Å²) in [5.74, 6) is 2.39. The number of methoxy groups -OCH3 is 1. The lowest BCUT2D eigenvalue weighted by Gasteiger charge is -2.34. The van der Waals surface area contributed by atoms with Crippen molar-refractivity contribution in [2.24, 2.45) is 11.8 Å². The Morgan fingerprint density at radius 3 is 2.54 bits per heavy atom. The Bertz CT molecular complexity index is 786. The van der Waals surface area contributed by atoms with Gasteiger partial charge in [-0.1, -0.05) is 37.2 Å². The van der Waals surface area contributed by atoms with Crippen LogP contribution < -0.4 is 0 Å². The smallest absolute Gasteiger partial charge is 0.233 e. The molecule has 2 aromatic rings. The van der Waals surface area contributed by atoms with E-state index in [1.807, 2.05) is 33.7 Å². The predicted molar refractivity (Wildman–Crippen MR) is 113 cm³/mol. The van der Waals surface area contributed by atoms with E-state index in [-0.39, 0.29) is 5.91 Å². The van der Waals surface area contributed by atoms with Crippen LogP contribution in [0, 0.1) is 11.8 Å². The zero-order valence-corrected chi connectivity index (χ0v) is 18.2. The highest BCUT2D eigenvalue weighted by atomic mass is 35.5. The Balaban J connectivity index is 1.72. The molecule has 1 aliphatic rings. The number of piperidine rings is 1. The third-order valence-electron chi connectivity index (χ3n) is 4.88. The molecule has 0 unspecified atom stereocenters. The SMILES string of the molecule is COCCn1c(SCC(=O)N2C[C@H](C)C[C@@H](C)C2)nnc1-c1ccc(Cl)cc1. The van der Waals surface area contributed by atoms with Crippen molar-refractivity contribution in [3.05, 3.63) is 29.3 Å². The number of aromatic nitrogens is 3. The fourth-order valence-corrected chi connectivity index (χ4v) is 4.67. The molecular formula is C20H27ClN4O2S. The summed E-state index contributed by atoms with van der Waals surface area (Å²) in [5.41, 5.74) is 0.935. The number of likely N-dealkylation sites (tertiary alicyclic amines) is 1. The molecule has 1 saturated heterocycles.